The van der Waals surface area contributed by atoms with Gasteiger partial charge >= 0.3 is 5.97 Å². The molecule has 5 heteroatoms. The molecule has 0 aromatic heterocycles. The zero-order chi connectivity index (χ0) is 12.0. The third-order valence-corrected chi connectivity index (χ3v) is 3.36. The van der Waals surface area contributed by atoms with Crippen LogP contribution in [0.25, 0.3) is 0 Å². The molecule has 0 saturated heterocycles. The van der Waals surface area contributed by atoms with Gasteiger partial charge in [0.2, 0.25) is 0 Å². The van der Waals surface area contributed by atoms with Gasteiger partial charge in [-0.1, -0.05) is 29.3 Å². The van der Waals surface area contributed by atoms with Crippen LogP contribution in [-0.4, -0.2) is 18.3 Å². The van der Waals surface area contributed by atoms with E-state index in [0.717, 1.165) is 17.1 Å². The van der Waals surface area contributed by atoms with E-state index in [2.05, 4.69) is 0 Å². The topological polar surface area (TPSA) is 26.3 Å². The molecule has 0 unspecified atom stereocenters. The molecule has 1 rings (SSSR count). The van der Waals surface area contributed by atoms with Crippen molar-refractivity contribution in [2.45, 2.75) is 12.7 Å². The Hall–Kier alpha value is -0.380. The Morgan fingerprint density at radius 3 is 2.81 bits per heavy atom. The molecule has 0 bridgehead atoms. The first-order valence-electron chi connectivity index (χ1n) is 4.74. The Labute approximate surface area is 109 Å². The van der Waals surface area contributed by atoms with E-state index in [4.69, 9.17) is 27.9 Å². The van der Waals surface area contributed by atoms with E-state index in [1.54, 1.807) is 17.8 Å². The molecule has 0 spiro atoms. The highest BCUT2D eigenvalue weighted by Crippen LogP contribution is 2.24. The molecule has 0 heterocycles. The Morgan fingerprint density at radius 1 is 1.44 bits per heavy atom. The summed E-state index contributed by atoms with van der Waals surface area (Å²) in [6.45, 7) is 1.84. The van der Waals surface area contributed by atoms with Crippen LogP contribution in [0.1, 0.15) is 12.5 Å². The average Bonchev–Trinajstić information content (AvgIpc) is 2.20. The third-order valence-electron chi connectivity index (χ3n) is 1.81. The van der Waals surface area contributed by atoms with Gasteiger partial charge < -0.3 is 4.74 Å². The first-order chi connectivity index (χ1) is 7.59. The maximum absolute atomic E-state index is 10.5. The predicted octanol–water partition coefficient (Wildman–Crippen LogP) is 3.79. The fourth-order valence-electron chi connectivity index (χ4n) is 1.07. The molecule has 0 aliphatic rings. The summed E-state index contributed by atoms with van der Waals surface area (Å²) in [4.78, 5) is 10.5. The molecule has 0 aliphatic carbocycles. The molecule has 2 nitrogen and oxygen atoms in total. The van der Waals surface area contributed by atoms with Gasteiger partial charge in [-0.25, -0.2) is 0 Å². The molecule has 0 N–H and O–H groups in total. The highest BCUT2D eigenvalue weighted by atomic mass is 35.5. The van der Waals surface area contributed by atoms with Crippen LogP contribution < -0.4 is 0 Å². The van der Waals surface area contributed by atoms with Crippen molar-refractivity contribution in [2.24, 2.45) is 0 Å². The zero-order valence-electron chi connectivity index (χ0n) is 8.83. The summed E-state index contributed by atoms with van der Waals surface area (Å²) < 4.78 is 4.82. The summed E-state index contributed by atoms with van der Waals surface area (Å²) in [5.41, 5.74) is 1.04. The van der Waals surface area contributed by atoms with E-state index in [-0.39, 0.29) is 5.97 Å². The van der Waals surface area contributed by atoms with Gasteiger partial charge in [0.1, 0.15) is 6.61 Å². The van der Waals surface area contributed by atoms with E-state index in [1.165, 1.54) is 6.92 Å². The van der Waals surface area contributed by atoms with Crippen LogP contribution in [0.2, 0.25) is 10.0 Å². The number of benzene rings is 1. The number of ether oxygens (including phenoxy) is 1. The molecule has 0 saturated carbocycles. The summed E-state index contributed by atoms with van der Waals surface area (Å²) in [7, 11) is 0. The number of hydrogen-bond donors (Lipinski definition) is 0. The highest BCUT2D eigenvalue weighted by molar-refractivity contribution is 7.98. The Kier molecular flexibility index (Phi) is 6.03. The van der Waals surface area contributed by atoms with Gasteiger partial charge in [-0.2, -0.15) is 11.8 Å². The molecule has 1 aromatic rings. The lowest BCUT2D eigenvalue weighted by Crippen LogP contribution is -2.02. The van der Waals surface area contributed by atoms with Crippen LogP contribution in [0.5, 0.6) is 0 Å². The number of halogens is 2. The lowest BCUT2D eigenvalue weighted by atomic mass is 10.2. The minimum atomic E-state index is -0.245. The van der Waals surface area contributed by atoms with Crippen LogP contribution in [0.3, 0.4) is 0 Å². The van der Waals surface area contributed by atoms with Gasteiger partial charge in [0.05, 0.1) is 0 Å². The van der Waals surface area contributed by atoms with E-state index in [0.29, 0.717) is 16.7 Å². The van der Waals surface area contributed by atoms with Crippen molar-refractivity contribution in [2.75, 3.05) is 12.4 Å². The van der Waals surface area contributed by atoms with Gasteiger partial charge in [-0.05, 0) is 17.7 Å². The molecular weight excluding hydrogens is 267 g/mol. The summed E-state index contributed by atoms with van der Waals surface area (Å²) >= 11 is 13.5. The molecule has 0 fully saturated rings. The largest absolute Gasteiger partial charge is 0.465 e. The van der Waals surface area contributed by atoms with Crippen molar-refractivity contribution in [1.29, 1.82) is 0 Å². The van der Waals surface area contributed by atoms with Crippen molar-refractivity contribution < 1.29 is 9.53 Å². The van der Waals surface area contributed by atoms with Crippen LogP contribution >= 0.6 is 35.0 Å². The average molecular weight is 279 g/mol. The monoisotopic (exact) mass is 278 g/mol. The van der Waals surface area contributed by atoms with E-state index in [9.17, 15) is 4.79 Å². The molecule has 88 valence electrons. The molecule has 16 heavy (non-hydrogen) atoms. The van der Waals surface area contributed by atoms with Crippen LogP contribution in [0.15, 0.2) is 18.2 Å². The van der Waals surface area contributed by atoms with Crippen LogP contribution in [0.4, 0.5) is 0 Å². The minimum Gasteiger partial charge on any atom is -0.465 e. The Balaban J connectivity index is 2.29. The number of esters is 1. The number of thioether (sulfide) groups is 1. The standard InChI is InChI=1S/C11H12Cl2O2S/c1-8(14)15-4-5-16-7-9-2-3-10(12)6-11(9)13/h2-3,6H,4-5,7H2,1H3. The summed E-state index contributed by atoms with van der Waals surface area (Å²) in [5, 5.41) is 1.31. The third kappa shape index (κ3) is 5.10. The second kappa shape index (κ2) is 7.05. The molecule has 0 aliphatic heterocycles. The lowest BCUT2D eigenvalue weighted by molar-refractivity contribution is -0.140. The van der Waals surface area contributed by atoms with Gasteiger partial charge in [0.25, 0.3) is 0 Å². The fourth-order valence-corrected chi connectivity index (χ4v) is 2.44. The number of carbonyl (C=O) groups is 1. The van der Waals surface area contributed by atoms with Crippen molar-refractivity contribution in [3.63, 3.8) is 0 Å². The normalized spacial score (nSPS) is 10.2. The summed E-state index contributed by atoms with van der Waals surface area (Å²) in [6.07, 6.45) is 0. The SMILES string of the molecule is CC(=O)OCCSCc1ccc(Cl)cc1Cl. The van der Waals surface area contributed by atoms with Crippen molar-refractivity contribution in [3.05, 3.63) is 33.8 Å². The van der Waals surface area contributed by atoms with Gasteiger partial charge in [-0.15, -0.1) is 0 Å². The fraction of sp³-hybridized carbons (Fsp3) is 0.364. The van der Waals surface area contributed by atoms with Gasteiger partial charge in [0.15, 0.2) is 0 Å². The van der Waals surface area contributed by atoms with Crippen LogP contribution in [-0.2, 0) is 15.3 Å². The molecule has 0 radical (unpaired) electrons. The molecule has 1 aromatic carbocycles. The van der Waals surface area contributed by atoms with Crippen molar-refractivity contribution >= 4 is 40.9 Å². The Bertz CT molecular complexity index is 369. The van der Waals surface area contributed by atoms with Crippen molar-refractivity contribution in [1.82, 2.24) is 0 Å². The molecule has 0 amide bonds. The zero-order valence-corrected chi connectivity index (χ0v) is 11.2. The first kappa shape index (κ1) is 13.7. The highest BCUT2D eigenvalue weighted by Gasteiger charge is 2.01. The number of hydrogen-bond acceptors (Lipinski definition) is 3. The smallest absolute Gasteiger partial charge is 0.302 e. The molecular formula is C11H12Cl2O2S. The quantitative estimate of drug-likeness (QED) is 0.606. The van der Waals surface area contributed by atoms with Crippen LogP contribution in [0, 0.1) is 0 Å². The summed E-state index contributed by atoms with van der Waals surface area (Å²) in [5.74, 6) is 1.31. The maximum atomic E-state index is 10.5. The number of carbonyl (C=O) groups excluding carboxylic acids is 1. The predicted molar refractivity (Wildman–Crippen MR) is 69.3 cm³/mol. The Morgan fingerprint density at radius 2 is 2.19 bits per heavy atom. The second-order valence-corrected chi connectivity index (χ2v) is 5.08. The van der Waals surface area contributed by atoms with Gasteiger partial charge in [-0.3, -0.25) is 4.79 Å². The number of rotatable bonds is 5. The van der Waals surface area contributed by atoms with E-state index < -0.39 is 0 Å². The van der Waals surface area contributed by atoms with Gasteiger partial charge in [0, 0.05) is 28.5 Å². The summed E-state index contributed by atoms with van der Waals surface area (Å²) in [6, 6.07) is 5.45. The lowest BCUT2D eigenvalue weighted by Gasteiger charge is -2.05. The van der Waals surface area contributed by atoms with E-state index >= 15 is 0 Å². The van der Waals surface area contributed by atoms with Crippen molar-refractivity contribution in [3.8, 4) is 0 Å². The first-order valence-corrected chi connectivity index (χ1v) is 6.65. The minimum absolute atomic E-state index is 0.245. The maximum Gasteiger partial charge on any atom is 0.302 e. The van der Waals surface area contributed by atoms with E-state index in [1.807, 2.05) is 12.1 Å². The second-order valence-electron chi connectivity index (χ2n) is 3.13. The molecule has 0 atom stereocenters.